The topological polar surface area (TPSA) is 216 Å². The molecule has 19 nitrogen and oxygen atoms in total. The molecule has 34 atom stereocenters. The van der Waals surface area contributed by atoms with Gasteiger partial charge >= 0.3 is 0 Å². The Kier molecular flexibility index (Phi) is 13.7. The van der Waals surface area contributed by atoms with Gasteiger partial charge in [0, 0.05) is 70.6 Å². The van der Waals surface area contributed by atoms with Crippen molar-refractivity contribution in [2.45, 2.75) is 326 Å². The number of carbonyl (C=O) groups is 1. The van der Waals surface area contributed by atoms with Gasteiger partial charge in [-0.25, -0.2) is 0 Å². The van der Waals surface area contributed by atoms with Crippen molar-refractivity contribution in [3.8, 4) is 0 Å². The van der Waals surface area contributed by atoms with E-state index in [9.17, 15) is 20.1 Å². The molecule has 0 radical (unpaired) electrons. The highest BCUT2D eigenvalue weighted by Gasteiger charge is 2.77. The summed E-state index contributed by atoms with van der Waals surface area (Å²) in [7, 11) is 0. The molecule has 0 aliphatic carbocycles. The molecule has 0 aromatic carbocycles. The zero-order chi connectivity index (χ0) is 56.1. The number of hydrogen-bond donors (Lipinski definition) is 3. The summed E-state index contributed by atoms with van der Waals surface area (Å²) in [5, 5.41) is 32.2. The SMILES string of the molecule is C=C1CC2CCC34OC5C6OC(CCC6OC6C5OC(C)(C6O3)C4O)CC(=O)CC3C(CC4OC(CCC1O2)CC(C)C4=C)OC1CC2OC4(CC2OC1C3C)CC1OC2(CC(C)C3OC5CC(C(O)CO)OC5CC3O2)CC(C)C1O4. The van der Waals surface area contributed by atoms with E-state index in [1.54, 1.807) is 0 Å². The summed E-state index contributed by atoms with van der Waals surface area (Å²) in [4.78, 5) is 14.9. The number of fused-ring (bicyclic) bond motifs is 11. The fourth-order valence-corrected chi connectivity index (χ4v) is 19.7. The molecule has 17 aliphatic rings. The number of ether oxygens (including phenoxy) is 15. The second kappa shape index (κ2) is 20.2. The molecule has 34 unspecified atom stereocenters. The number of carbonyl (C=O) groups excluding carboxylic acids is 1. The quantitative estimate of drug-likeness (QED) is 0.297. The van der Waals surface area contributed by atoms with Gasteiger partial charge in [-0.1, -0.05) is 40.9 Å². The van der Waals surface area contributed by atoms with Crippen molar-refractivity contribution in [2.75, 3.05) is 6.61 Å². The van der Waals surface area contributed by atoms with Gasteiger partial charge in [-0.2, -0.15) is 0 Å². The van der Waals surface area contributed by atoms with Gasteiger partial charge in [0.2, 0.25) is 0 Å². The lowest BCUT2D eigenvalue weighted by atomic mass is 9.72. The maximum Gasteiger partial charge on any atom is 0.198 e. The van der Waals surface area contributed by atoms with Gasteiger partial charge in [0.05, 0.1) is 116 Å². The van der Waals surface area contributed by atoms with Gasteiger partial charge in [0.15, 0.2) is 17.4 Å². The summed E-state index contributed by atoms with van der Waals surface area (Å²) in [6.45, 7) is 19.7. The predicted octanol–water partition coefficient (Wildman–Crippen LogP) is 5.36. The number of rotatable bonds is 2. The average Bonchev–Trinajstić information content (AvgIpc) is 3.69. The molecular weight excluding hydrogens is 1060 g/mol. The van der Waals surface area contributed by atoms with Gasteiger partial charge < -0.3 is 86.4 Å². The van der Waals surface area contributed by atoms with E-state index in [4.69, 9.17) is 71.1 Å². The van der Waals surface area contributed by atoms with Crippen molar-refractivity contribution in [3.05, 3.63) is 24.3 Å². The van der Waals surface area contributed by atoms with Crippen LogP contribution in [-0.2, 0) is 75.8 Å². The number of Topliss-reactive ketones (excluding diaryl/α,β-unsaturated/α-hetero) is 1. The molecular formula is C63H90O19. The minimum atomic E-state index is -1.33. The molecule has 17 fully saturated rings. The standard InChI is InChI=1S/C63H90O19/c1-27-14-34-8-10-39-28(2)15-36(68-39)12-13-63-59(67)60(7)58(82-63)57-56(79-60)55(81-63)54-40(73-57)11-9-35(70-54)16-33(65)17-37-32(6)53-47(71-42(37)18-41(69-34)31(27)5)21-46-49(75-53)24-62(76-46)25-50-52(80-62)30(4)23-61(78-50)22-29(3)51-48(77-61)20-44-45(74-51)19-43(72-44)38(66)26-64/h27,29-30,32,34-59,64,66-67H,2,5,8-26H2,1,3-4,6-7H3. The molecule has 17 aliphatic heterocycles. The Balaban J connectivity index is 0.633. The van der Waals surface area contributed by atoms with E-state index in [-0.39, 0.29) is 152 Å². The van der Waals surface area contributed by atoms with Crippen LogP contribution in [0.5, 0.6) is 0 Å². The molecule has 17 rings (SSSR count). The molecule has 0 saturated carbocycles. The molecule has 456 valence electrons. The van der Waals surface area contributed by atoms with Gasteiger partial charge in [-0.3, -0.25) is 4.79 Å². The first-order valence-corrected chi connectivity index (χ1v) is 32.2. The zero-order valence-electron chi connectivity index (χ0n) is 48.5. The third-order valence-electron chi connectivity index (χ3n) is 23.8. The van der Waals surface area contributed by atoms with Crippen molar-refractivity contribution in [2.24, 2.45) is 29.6 Å². The van der Waals surface area contributed by atoms with Gasteiger partial charge in [-0.05, 0) is 92.6 Å². The van der Waals surface area contributed by atoms with E-state index in [1.807, 2.05) is 6.92 Å². The molecule has 0 amide bonds. The molecule has 17 saturated heterocycles. The molecule has 17 heterocycles. The maximum atomic E-state index is 14.9. The first-order chi connectivity index (χ1) is 39.3. The lowest BCUT2D eigenvalue weighted by Gasteiger charge is -2.54. The van der Waals surface area contributed by atoms with Gasteiger partial charge in [0.25, 0.3) is 0 Å². The van der Waals surface area contributed by atoms with Gasteiger partial charge in [-0.15, -0.1) is 0 Å². The normalized spacial score (nSPS) is 59.7. The Morgan fingerprint density at radius 3 is 2.07 bits per heavy atom. The van der Waals surface area contributed by atoms with E-state index in [2.05, 4.69) is 40.9 Å². The third kappa shape index (κ3) is 8.93. The van der Waals surface area contributed by atoms with Gasteiger partial charge in [0.1, 0.15) is 54.1 Å². The maximum absolute atomic E-state index is 14.9. The minimum absolute atomic E-state index is 0.0141. The van der Waals surface area contributed by atoms with Crippen molar-refractivity contribution >= 4 is 5.78 Å². The summed E-state index contributed by atoms with van der Waals surface area (Å²) in [5.74, 6) is -2.59. The smallest absolute Gasteiger partial charge is 0.198 e. The first kappa shape index (κ1) is 55.7. The molecule has 3 N–H and O–H groups in total. The van der Waals surface area contributed by atoms with Crippen LogP contribution in [0.2, 0.25) is 0 Å². The molecule has 0 aromatic heterocycles. The summed E-state index contributed by atoms with van der Waals surface area (Å²) in [6, 6.07) is 0. The van der Waals surface area contributed by atoms with E-state index < -0.39 is 71.8 Å². The number of ketones is 1. The van der Waals surface area contributed by atoms with Crippen LogP contribution in [0.15, 0.2) is 24.3 Å². The summed E-state index contributed by atoms with van der Waals surface area (Å²) in [6.07, 6.45) is 2.56. The minimum Gasteiger partial charge on any atom is -0.394 e. The fraction of sp³-hybridized carbons (Fsp3) is 0.921. The number of aliphatic hydroxyl groups is 3. The van der Waals surface area contributed by atoms with Crippen molar-refractivity contribution in [3.63, 3.8) is 0 Å². The highest BCUT2D eigenvalue weighted by Crippen LogP contribution is 2.60. The monoisotopic (exact) mass is 1150 g/mol. The summed E-state index contributed by atoms with van der Waals surface area (Å²) >= 11 is 0. The summed E-state index contributed by atoms with van der Waals surface area (Å²) < 4.78 is 104. The van der Waals surface area contributed by atoms with E-state index >= 15 is 0 Å². The Hall–Kier alpha value is -1.57. The van der Waals surface area contributed by atoms with Crippen LogP contribution in [0.25, 0.3) is 0 Å². The highest BCUT2D eigenvalue weighted by atomic mass is 16.8. The van der Waals surface area contributed by atoms with Crippen LogP contribution in [0, 0.1) is 29.6 Å². The van der Waals surface area contributed by atoms with Crippen molar-refractivity contribution < 1.29 is 91.2 Å². The highest BCUT2D eigenvalue weighted by molar-refractivity contribution is 5.79. The van der Waals surface area contributed by atoms with Crippen LogP contribution >= 0.6 is 0 Å². The second-order valence-electron chi connectivity index (χ2n) is 29.2. The third-order valence-corrected chi connectivity index (χ3v) is 23.8. The molecule has 19 heteroatoms. The largest absolute Gasteiger partial charge is 0.394 e. The van der Waals surface area contributed by atoms with Crippen LogP contribution in [0.4, 0.5) is 0 Å². The van der Waals surface area contributed by atoms with Crippen LogP contribution in [-0.4, -0.2) is 203 Å². The Morgan fingerprint density at radius 1 is 0.537 bits per heavy atom. The first-order valence-electron chi connectivity index (χ1n) is 32.2. The number of hydrogen-bond acceptors (Lipinski definition) is 19. The van der Waals surface area contributed by atoms with Crippen molar-refractivity contribution in [1.82, 2.24) is 0 Å². The zero-order valence-corrected chi connectivity index (χ0v) is 48.5. The van der Waals surface area contributed by atoms with E-state index in [0.29, 0.717) is 83.5 Å². The molecule has 0 aromatic rings. The second-order valence-corrected chi connectivity index (χ2v) is 29.2. The predicted molar refractivity (Wildman–Crippen MR) is 286 cm³/mol. The van der Waals surface area contributed by atoms with Crippen LogP contribution < -0.4 is 0 Å². The van der Waals surface area contributed by atoms with Crippen molar-refractivity contribution in [1.29, 1.82) is 0 Å². The average molecular weight is 1150 g/mol. The fourth-order valence-electron chi connectivity index (χ4n) is 19.7. The summed E-state index contributed by atoms with van der Waals surface area (Å²) in [5.41, 5.74) is 1.14. The lowest BCUT2D eigenvalue weighted by Crippen LogP contribution is -2.62. The van der Waals surface area contributed by atoms with E-state index in [0.717, 1.165) is 36.8 Å². The van der Waals surface area contributed by atoms with Crippen LogP contribution in [0.1, 0.15) is 150 Å². The Morgan fingerprint density at radius 2 is 1.23 bits per heavy atom. The lowest BCUT2D eigenvalue weighted by molar-refractivity contribution is -0.369. The molecule has 12 bridgehead atoms. The Bertz CT molecular complexity index is 2500. The number of aliphatic hydroxyl groups excluding tert-OH is 3. The van der Waals surface area contributed by atoms with Crippen LogP contribution in [0.3, 0.4) is 0 Å². The molecule has 82 heavy (non-hydrogen) atoms. The Labute approximate surface area is 481 Å². The van der Waals surface area contributed by atoms with E-state index in [1.165, 1.54) is 0 Å². The molecule has 3 spiro atoms.